The highest BCUT2D eigenvalue weighted by molar-refractivity contribution is 6.04. The molecule has 0 bridgehead atoms. The Morgan fingerprint density at radius 2 is 1.64 bits per heavy atom. The third-order valence-corrected chi connectivity index (χ3v) is 3.78. The largest absolute Gasteiger partial charge is 0.350 e. The number of H-pyrrole nitrogens is 2. The Bertz CT molecular complexity index is 1250. The van der Waals surface area contributed by atoms with E-state index in [2.05, 4.69) is 15.1 Å². The molecule has 0 spiro atoms. The van der Waals surface area contributed by atoms with Crippen molar-refractivity contribution in [1.82, 2.24) is 14.6 Å². The quantitative estimate of drug-likeness (QED) is 0.549. The monoisotopic (exact) mass is 340 g/mol. The molecule has 0 aliphatic carbocycles. The van der Waals surface area contributed by atoms with Crippen molar-refractivity contribution in [2.45, 2.75) is 0 Å². The van der Waals surface area contributed by atoms with Gasteiger partial charge in [0.05, 0.1) is 11.7 Å². The van der Waals surface area contributed by atoms with Crippen LogP contribution in [0.25, 0.3) is 21.9 Å². The summed E-state index contributed by atoms with van der Waals surface area (Å²) >= 11 is 0. The fraction of sp³-hybridized carbons (Fsp3) is 0. The number of nitrogens with zero attached hydrogens (tertiary/aromatic N) is 2. The third kappa shape index (κ3) is 2.53. The van der Waals surface area contributed by atoms with E-state index in [1.807, 2.05) is 0 Å². The molecule has 124 valence electrons. The topological polar surface area (TPSA) is 83.0 Å². The molecule has 0 unspecified atom stereocenters. The first-order valence-electron chi connectivity index (χ1n) is 7.29. The predicted octanol–water partition coefficient (Wildman–Crippen LogP) is 2.33. The summed E-state index contributed by atoms with van der Waals surface area (Å²) in [6.07, 6.45) is 1.27. The van der Waals surface area contributed by atoms with Gasteiger partial charge in [-0.3, -0.25) is 4.79 Å². The zero-order valence-electron chi connectivity index (χ0n) is 12.6. The van der Waals surface area contributed by atoms with Crippen LogP contribution in [-0.4, -0.2) is 20.9 Å². The Morgan fingerprint density at radius 3 is 2.40 bits per heavy atom. The molecule has 0 aliphatic heterocycles. The molecule has 2 heterocycles. The molecule has 6 nitrogen and oxygen atoms in total. The highest BCUT2D eigenvalue weighted by Gasteiger charge is 2.13. The second-order valence-corrected chi connectivity index (χ2v) is 5.41. The van der Waals surface area contributed by atoms with Gasteiger partial charge in [-0.15, -0.1) is 4.68 Å². The van der Waals surface area contributed by atoms with Crippen LogP contribution in [0.4, 0.5) is 8.78 Å². The highest BCUT2D eigenvalue weighted by Crippen LogP contribution is 2.21. The summed E-state index contributed by atoms with van der Waals surface area (Å²) in [7, 11) is 0. The van der Waals surface area contributed by atoms with Gasteiger partial charge in [0.15, 0.2) is 0 Å². The molecule has 2 aromatic heterocycles. The zero-order valence-corrected chi connectivity index (χ0v) is 12.6. The summed E-state index contributed by atoms with van der Waals surface area (Å²) in [6, 6.07) is 9.36. The molecule has 0 fully saturated rings. The van der Waals surface area contributed by atoms with Crippen molar-refractivity contribution in [3.05, 3.63) is 80.5 Å². The van der Waals surface area contributed by atoms with Crippen LogP contribution < -0.4 is 11.2 Å². The summed E-state index contributed by atoms with van der Waals surface area (Å²) < 4.78 is 27.0. The highest BCUT2D eigenvalue weighted by atomic mass is 19.1. The first-order valence-corrected chi connectivity index (χ1v) is 7.29. The fourth-order valence-electron chi connectivity index (χ4n) is 2.59. The molecule has 4 rings (SSSR count). The van der Waals surface area contributed by atoms with Gasteiger partial charge in [-0.2, -0.15) is 5.10 Å². The molecule has 25 heavy (non-hydrogen) atoms. The van der Waals surface area contributed by atoms with Crippen molar-refractivity contribution < 1.29 is 8.78 Å². The SMILES string of the molecule is O=c1[nH]c2c([nH]c3ccc(F)cc32)c(=O)n1/N=C\c1ccc(F)cc1. The average Bonchev–Trinajstić information content (AvgIpc) is 2.94. The maximum Gasteiger partial charge on any atom is 0.350 e. The van der Waals surface area contributed by atoms with Crippen LogP contribution >= 0.6 is 0 Å². The molecule has 0 radical (unpaired) electrons. The van der Waals surface area contributed by atoms with Crippen LogP contribution in [0.5, 0.6) is 0 Å². The van der Waals surface area contributed by atoms with E-state index < -0.39 is 22.9 Å². The molecule has 0 saturated carbocycles. The van der Waals surface area contributed by atoms with E-state index in [0.717, 1.165) is 0 Å². The van der Waals surface area contributed by atoms with Gasteiger partial charge in [-0.05, 0) is 35.9 Å². The second-order valence-electron chi connectivity index (χ2n) is 5.41. The van der Waals surface area contributed by atoms with Crippen LogP contribution in [-0.2, 0) is 0 Å². The molecular formula is C17H10F2N4O2. The first-order chi connectivity index (χ1) is 12.0. The Morgan fingerprint density at radius 1 is 0.920 bits per heavy atom. The maximum absolute atomic E-state index is 13.4. The Labute approximate surface area is 138 Å². The second kappa shape index (κ2) is 5.52. The lowest BCUT2D eigenvalue weighted by Crippen LogP contribution is -2.32. The molecule has 8 heteroatoms. The number of rotatable bonds is 2. The number of hydrogen-bond donors (Lipinski definition) is 2. The minimum absolute atomic E-state index is 0.108. The minimum atomic E-state index is -0.763. The van der Waals surface area contributed by atoms with Crippen LogP contribution in [0.1, 0.15) is 5.56 Å². The molecule has 0 amide bonds. The third-order valence-electron chi connectivity index (χ3n) is 3.78. The van der Waals surface area contributed by atoms with Gasteiger partial charge in [0.25, 0.3) is 0 Å². The van der Waals surface area contributed by atoms with E-state index in [-0.39, 0.29) is 11.0 Å². The number of hydrogen-bond acceptors (Lipinski definition) is 3. The minimum Gasteiger partial charge on any atom is -0.349 e. The Hall–Kier alpha value is -3.55. The predicted molar refractivity (Wildman–Crippen MR) is 90.0 cm³/mol. The standard InChI is InChI=1S/C17H10F2N4O2/c18-10-3-1-9(2-4-10)8-20-23-16(24)15-14(22-17(23)25)12-7-11(19)5-6-13(12)21-15/h1-8,21H,(H,22,25)/b20-8-. The van der Waals surface area contributed by atoms with Crippen LogP contribution in [0.2, 0.25) is 0 Å². The number of nitrogens with one attached hydrogen (secondary N) is 2. The van der Waals surface area contributed by atoms with E-state index in [0.29, 0.717) is 21.1 Å². The number of aromatic nitrogens is 3. The fourth-order valence-corrected chi connectivity index (χ4v) is 2.59. The van der Waals surface area contributed by atoms with Crippen molar-refractivity contribution >= 4 is 28.2 Å². The lowest BCUT2D eigenvalue weighted by atomic mass is 10.2. The normalized spacial score (nSPS) is 11.8. The molecule has 4 aromatic rings. The molecule has 2 N–H and O–H groups in total. The van der Waals surface area contributed by atoms with Gasteiger partial charge in [-0.25, -0.2) is 13.6 Å². The van der Waals surface area contributed by atoms with Crippen LogP contribution in [0.15, 0.2) is 57.2 Å². The van der Waals surface area contributed by atoms with E-state index in [1.165, 1.54) is 48.7 Å². The van der Waals surface area contributed by atoms with Gasteiger partial charge < -0.3 is 9.97 Å². The van der Waals surface area contributed by atoms with Gasteiger partial charge in [-0.1, -0.05) is 12.1 Å². The zero-order chi connectivity index (χ0) is 17.6. The van der Waals surface area contributed by atoms with E-state index in [1.54, 1.807) is 0 Å². The van der Waals surface area contributed by atoms with Crippen molar-refractivity contribution in [2.24, 2.45) is 5.10 Å². The summed E-state index contributed by atoms with van der Waals surface area (Å²) in [5.41, 5.74) is -0.0696. The van der Waals surface area contributed by atoms with Gasteiger partial charge in [0, 0.05) is 10.9 Å². The van der Waals surface area contributed by atoms with E-state index >= 15 is 0 Å². The maximum atomic E-state index is 13.4. The number of halogens is 2. The average molecular weight is 340 g/mol. The molecule has 0 atom stereocenters. The van der Waals surface area contributed by atoms with Crippen LogP contribution in [0, 0.1) is 11.6 Å². The van der Waals surface area contributed by atoms with Crippen LogP contribution in [0.3, 0.4) is 0 Å². The Kier molecular flexibility index (Phi) is 3.31. The molecule has 0 aliphatic rings. The van der Waals surface area contributed by atoms with E-state index in [4.69, 9.17) is 0 Å². The van der Waals surface area contributed by atoms with E-state index in [9.17, 15) is 18.4 Å². The summed E-state index contributed by atoms with van der Waals surface area (Å²) in [5, 5.41) is 4.26. The van der Waals surface area contributed by atoms with Crippen molar-refractivity contribution in [2.75, 3.05) is 0 Å². The number of fused-ring (bicyclic) bond motifs is 3. The number of benzene rings is 2. The van der Waals surface area contributed by atoms with Crippen molar-refractivity contribution in [1.29, 1.82) is 0 Å². The summed E-state index contributed by atoms with van der Waals surface area (Å²) in [6.45, 7) is 0. The Balaban J connectivity index is 1.90. The lowest BCUT2D eigenvalue weighted by molar-refractivity contribution is 0.627. The lowest BCUT2D eigenvalue weighted by Gasteiger charge is -1.98. The van der Waals surface area contributed by atoms with Gasteiger partial charge in [0.1, 0.15) is 17.2 Å². The van der Waals surface area contributed by atoms with Gasteiger partial charge >= 0.3 is 11.2 Å². The number of aromatic amines is 2. The molecule has 2 aromatic carbocycles. The van der Waals surface area contributed by atoms with Crippen molar-refractivity contribution in [3.63, 3.8) is 0 Å². The smallest absolute Gasteiger partial charge is 0.349 e. The summed E-state index contributed by atoms with van der Waals surface area (Å²) in [5.74, 6) is -0.883. The molecular weight excluding hydrogens is 330 g/mol. The van der Waals surface area contributed by atoms with Gasteiger partial charge in [0.2, 0.25) is 0 Å². The first kappa shape index (κ1) is 15.0. The van der Waals surface area contributed by atoms with Crippen molar-refractivity contribution in [3.8, 4) is 0 Å². The molecule has 0 saturated heterocycles. The summed E-state index contributed by atoms with van der Waals surface area (Å²) in [4.78, 5) is 30.1.